The Kier molecular flexibility index (Phi) is 5.11. The van der Waals surface area contributed by atoms with Crippen LogP contribution in [0.5, 0.6) is 17.2 Å². The average molecular weight is 491 g/mol. The Hall–Kier alpha value is -4.04. The summed E-state index contributed by atoms with van der Waals surface area (Å²) >= 11 is 6.38. The minimum absolute atomic E-state index is 0.321. The van der Waals surface area contributed by atoms with Crippen molar-refractivity contribution in [2.24, 2.45) is 0 Å². The van der Waals surface area contributed by atoms with E-state index in [2.05, 4.69) is 15.4 Å². The molecule has 0 spiro atoms. The van der Waals surface area contributed by atoms with Crippen molar-refractivity contribution in [1.29, 1.82) is 0 Å². The van der Waals surface area contributed by atoms with E-state index >= 15 is 0 Å². The number of methoxy groups -OCH3 is 2. The van der Waals surface area contributed by atoms with Gasteiger partial charge >= 0.3 is 0 Å². The Bertz CT molecular complexity index is 1470. The van der Waals surface area contributed by atoms with Gasteiger partial charge in [0.1, 0.15) is 35.4 Å². The number of hydrogen-bond acceptors (Lipinski definition) is 6. The zero-order chi connectivity index (χ0) is 24.1. The monoisotopic (exact) mass is 490 g/mol. The summed E-state index contributed by atoms with van der Waals surface area (Å²) in [5.74, 6) is 2.20. The molecular formula is C26H20ClFN4O3. The number of hydrogen-bond donors (Lipinski definition) is 1. The standard InChI is InChI=1S/C26H20ClFN4O3/c1-33-17-8-10-20(34-2)19(12-17)25-22-23(18-11-15(27)5-9-21(18)35-25)31-26-29-13-30-32(26)24(22)14-3-6-16(28)7-4-14/h3-13,24-25H,1-2H3,(H,29,30,31)/t24-,25+/m0/s1. The fourth-order valence-corrected chi connectivity index (χ4v) is 4.88. The first kappa shape index (κ1) is 21.5. The Labute approximate surface area is 205 Å². The van der Waals surface area contributed by atoms with E-state index in [0.29, 0.717) is 28.2 Å². The highest BCUT2D eigenvalue weighted by Crippen LogP contribution is 2.52. The number of fused-ring (bicyclic) bond motifs is 3. The second-order valence-electron chi connectivity index (χ2n) is 8.18. The zero-order valence-electron chi connectivity index (χ0n) is 18.8. The number of aromatic nitrogens is 3. The van der Waals surface area contributed by atoms with E-state index in [1.807, 2.05) is 30.3 Å². The van der Waals surface area contributed by atoms with E-state index in [1.54, 1.807) is 37.1 Å². The summed E-state index contributed by atoms with van der Waals surface area (Å²) in [6.07, 6.45) is 0.904. The minimum atomic E-state index is -0.580. The molecule has 0 bridgehead atoms. The maximum absolute atomic E-state index is 13.9. The van der Waals surface area contributed by atoms with Crippen molar-refractivity contribution in [3.05, 3.63) is 100 Å². The average Bonchev–Trinajstić information content (AvgIpc) is 3.36. The normalized spacial score (nSPS) is 18.1. The smallest absolute Gasteiger partial charge is 0.226 e. The molecule has 6 rings (SSSR count). The Morgan fingerprint density at radius 2 is 1.86 bits per heavy atom. The molecule has 4 aromatic rings. The molecule has 0 radical (unpaired) electrons. The third-order valence-corrected chi connectivity index (χ3v) is 6.52. The van der Waals surface area contributed by atoms with Gasteiger partial charge in [-0.15, -0.1) is 0 Å². The van der Waals surface area contributed by atoms with Crippen LogP contribution < -0.4 is 19.5 Å². The summed E-state index contributed by atoms with van der Waals surface area (Å²) in [5, 5.41) is 8.48. The molecule has 0 saturated carbocycles. The lowest BCUT2D eigenvalue weighted by atomic mass is 9.84. The summed E-state index contributed by atoms with van der Waals surface area (Å²) < 4.78 is 33.5. The molecule has 1 N–H and O–H groups in total. The van der Waals surface area contributed by atoms with Crippen LogP contribution in [0.3, 0.4) is 0 Å². The van der Waals surface area contributed by atoms with Crippen molar-refractivity contribution in [2.75, 3.05) is 19.5 Å². The van der Waals surface area contributed by atoms with Crippen LogP contribution in [-0.2, 0) is 0 Å². The molecule has 9 heteroatoms. The van der Waals surface area contributed by atoms with Crippen LogP contribution in [0.4, 0.5) is 10.3 Å². The molecule has 2 atom stereocenters. The molecule has 3 aromatic carbocycles. The number of nitrogens with one attached hydrogen (secondary N) is 1. The Morgan fingerprint density at radius 1 is 1.03 bits per heavy atom. The molecule has 2 aliphatic rings. The first-order chi connectivity index (χ1) is 17.1. The molecule has 35 heavy (non-hydrogen) atoms. The largest absolute Gasteiger partial charge is 0.497 e. The molecule has 0 unspecified atom stereocenters. The van der Waals surface area contributed by atoms with Crippen LogP contribution in [0.1, 0.15) is 28.8 Å². The molecule has 0 aliphatic carbocycles. The molecule has 0 saturated heterocycles. The predicted molar refractivity (Wildman–Crippen MR) is 129 cm³/mol. The maximum atomic E-state index is 13.9. The van der Waals surface area contributed by atoms with E-state index in [0.717, 1.165) is 28.0 Å². The van der Waals surface area contributed by atoms with Gasteiger partial charge in [0, 0.05) is 21.7 Å². The van der Waals surface area contributed by atoms with Crippen LogP contribution in [0, 0.1) is 5.82 Å². The van der Waals surface area contributed by atoms with E-state index in [-0.39, 0.29) is 5.82 Å². The zero-order valence-corrected chi connectivity index (χ0v) is 19.6. The quantitative estimate of drug-likeness (QED) is 0.399. The van der Waals surface area contributed by atoms with Crippen molar-refractivity contribution in [1.82, 2.24) is 14.8 Å². The van der Waals surface area contributed by atoms with Gasteiger partial charge in [0.15, 0.2) is 6.10 Å². The van der Waals surface area contributed by atoms with E-state index in [9.17, 15) is 4.39 Å². The van der Waals surface area contributed by atoms with Gasteiger partial charge in [-0.25, -0.2) is 9.07 Å². The second kappa shape index (κ2) is 8.32. The van der Waals surface area contributed by atoms with Crippen molar-refractivity contribution < 1.29 is 18.6 Å². The number of benzene rings is 3. The lowest BCUT2D eigenvalue weighted by Crippen LogP contribution is -2.32. The summed E-state index contributed by atoms with van der Waals surface area (Å²) in [6, 6.07) is 17.0. The van der Waals surface area contributed by atoms with E-state index in [4.69, 9.17) is 25.8 Å². The number of nitrogens with zero attached hydrogens (tertiary/aromatic N) is 3. The van der Waals surface area contributed by atoms with Crippen LogP contribution in [0.2, 0.25) is 5.02 Å². The molecule has 176 valence electrons. The second-order valence-corrected chi connectivity index (χ2v) is 8.62. The first-order valence-corrected chi connectivity index (χ1v) is 11.3. The van der Waals surface area contributed by atoms with Crippen LogP contribution in [-0.4, -0.2) is 29.0 Å². The van der Waals surface area contributed by atoms with Gasteiger partial charge in [-0.1, -0.05) is 23.7 Å². The van der Waals surface area contributed by atoms with E-state index in [1.165, 1.54) is 18.5 Å². The van der Waals surface area contributed by atoms with Crippen molar-refractivity contribution >= 4 is 23.2 Å². The lowest BCUT2D eigenvalue weighted by Gasteiger charge is -2.39. The SMILES string of the molecule is COc1ccc(OC)c([C@H]2Oc3ccc(Cl)cc3C3=C2[C@H](c2ccc(F)cc2)n2ncnc2N3)c1. The lowest BCUT2D eigenvalue weighted by molar-refractivity contribution is 0.217. The van der Waals surface area contributed by atoms with Gasteiger partial charge in [0.05, 0.1) is 19.9 Å². The Morgan fingerprint density at radius 3 is 2.63 bits per heavy atom. The summed E-state index contributed by atoms with van der Waals surface area (Å²) in [5.41, 5.74) is 4.06. The summed E-state index contributed by atoms with van der Waals surface area (Å²) in [4.78, 5) is 4.41. The number of halogens is 2. The van der Waals surface area contributed by atoms with Gasteiger partial charge in [-0.2, -0.15) is 10.1 Å². The first-order valence-electron chi connectivity index (χ1n) is 10.9. The predicted octanol–water partition coefficient (Wildman–Crippen LogP) is 5.65. The third kappa shape index (κ3) is 3.49. The number of ether oxygens (including phenoxy) is 3. The fraction of sp³-hybridized carbons (Fsp3) is 0.154. The fourth-order valence-electron chi connectivity index (χ4n) is 4.71. The highest BCUT2D eigenvalue weighted by atomic mass is 35.5. The molecule has 2 aliphatic heterocycles. The highest BCUT2D eigenvalue weighted by molar-refractivity contribution is 6.30. The Balaban J connectivity index is 1.65. The molecule has 3 heterocycles. The van der Waals surface area contributed by atoms with Crippen molar-refractivity contribution in [3.63, 3.8) is 0 Å². The van der Waals surface area contributed by atoms with Crippen molar-refractivity contribution in [2.45, 2.75) is 12.1 Å². The molecule has 7 nitrogen and oxygen atoms in total. The topological polar surface area (TPSA) is 70.4 Å². The summed E-state index contributed by atoms with van der Waals surface area (Å²) in [7, 11) is 3.23. The van der Waals surface area contributed by atoms with Gasteiger partial charge in [-0.3, -0.25) is 0 Å². The third-order valence-electron chi connectivity index (χ3n) is 6.28. The van der Waals surface area contributed by atoms with Crippen LogP contribution in [0.15, 0.2) is 72.6 Å². The van der Waals surface area contributed by atoms with Gasteiger partial charge in [0.2, 0.25) is 5.95 Å². The number of anilines is 1. The van der Waals surface area contributed by atoms with Crippen LogP contribution in [0.25, 0.3) is 5.70 Å². The molecule has 1 aromatic heterocycles. The minimum Gasteiger partial charge on any atom is -0.497 e. The van der Waals surface area contributed by atoms with Crippen molar-refractivity contribution in [3.8, 4) is 17.2 Å². The summed E-state index contributed by atoms with van der Waals surface area (Å²) in [6.45, 7) is 0. The number of rotatable bonds is 4. The molecule has 0 amide bonds. The molecule has 0 fully saturated rings. The van der Waals surface area contributed by atoms with E-state index < -0.39 is 12.1 Å². The van der Waals surface area contributed by atoms with Gasteiger partial charge < -0.3 is 19.5 Å². The van der Waals surface area contributed by atoms with Gasteiger partial charge in [0.25, 0.3) is 0 Å². The maximum Gasteiger partial charge on any atom is 0.226 e. The van der Waals surface area contributed by atoms with Gasteiger partial charge in [-0.05, 0) is 54.1 Å². The van der Waals surface area contributed by atoms with Crippen LogP contribution >= 0.6 is 11.6 Å². The molecular weight excluding hydrogens is 471 g/mol. The highest BCUT2D eigenvalue weighted by Gasteiger charge is 2.42.